The van der Waals surface area contributed by atoms with E-state index in [0.29, 0.717) is 41.9 Å². The molecule has 1 aliphatic carbocycles. The van der Waals surface area contributed by atoms with E-state index >= 15 is 0 Å². The average Bonchev–Trinajstić information content (AvgIpc) is 3.01. The van der Waals surface area contributed by atoms with Crippen LogP contribution in [0.25, 0.3) is 0 Å². The number of benzene rings is 2. The number of aryl methyl sites for hydroxylation is 2. The van der Waals surface area contributed by atoms with Gasteiger partial charge >= 0.3 is 7.60 Å². The number of halogens is 1. The second-order valence-corrected chi connectivity index (χ2v) is 12.1. The van der Waals surface area contributed by atoms with Crippen molar-refractivity contribution in [3.63, 3.8) is 0 Å². The summed E-state index contributed by atoms with van der Waals surface area (Å²) in [7, 11) is -3.43. The molecule has 1 N–H and O–H groups in total. The third kappa shape index (κ3) is 6.52. The first-order chi connectivity index (χ1) is 17.1. The lowest BCUT2D eigenvalue weighted by Gasteiger charge is -2.30. The zero-order valence-electron chi connectivity index (χ0n) is 21.3. The molecule has 1 fully saturated rings. The number of ether oxygens (including phenoxy) is 1. The first-order valence-corrected chi connectivity index (χ1v) is 14.4. The minimum Gasteiger partial charge on any atom is -0.508 e. The smallest absolute Gasteiger partial charge is 0.368 e. The van der Waals surface area contributed by atoms with E-state index in [1.54, 1.807) is 6.07 Å². The van der Waals surface area contributed by atoms with Crippen LogP contribution in [0.2, 0.25) is 5.02 Å². The molecule has 1 aliphatic heterocycles. The summed E-state index contributed by atoms with van der Waals surface area (Å²) in [5, 5.41) is 11.2. The highest BCUT2D eigenvalue weighted by Crippen LogP contribution is 2.56. The number of hydrogen-bond donors (Lipinski definition) is 1. The summed E-state index contributed by atoms with van der Waals surface area (Å²) in [6.45, 7) is 8.60. The van der Waals surface area contributed by atoms with Crippen LogP contribution in [0, 0.1) is 19.8 Å². The van der Waals surface area contributed by atoms with E-state index in [9.17, 15) is 9.67 Å². The summed E-state index contributed by atoms with van der Waals surface area (Å²) in [6.07, 6.45) is 7.64. The van der Waals surface area contributed by atoms with Gasteiger partial charge in [0.1, 0.15) is 11.5 Å². The Morgan fingerprint density at radius 3 is 2.64 bits per heavy atom. The predicted molar refractivity (Wildman–Crippen MR) is 145 cm³/mol. The molecule has 0 bridgehead atoms. The number of rotatable bonds is 7. The summed E-state index contributed by atoms with van der Waals surface area (Å²) in [5.41, 5.74) is 6.30. The maximum Gasteiger partial charge on any atom is 0.368 e. The molecule has 0 aromatic heterocycles. The maximum absolute atomic E-state index is 13.3. The van der Waals surface area contributed by atoms with Crippen molar-refractivity contribution in [3.8, 4) is 5.75 Å². The molecule has 2 unspecified atom stereocenters. The van der Waals surface area contributed by atoms with Crippen LogP contribution in [-0.2, 0) is 20.0 Å². The van der Waals surface area contributed by atoms with Crippen LogP contribution in [0.4, 0.5) is 0 Å². The van der Waals surface area contributed by atoms with Gasteiger partial charge < -0.3 is 14.4 Å². The molecule has 4 rings (SSSR count). The summed E-state index contributed by atoms with van der Waals surface area (Å²) in [6, 6.07) is 11.3. The SMILES string of the molecule is Cc1cc(OCP2(=O)OCCC(c3cccc(Cl)c3)O2)cc(C)c1CC1=CC(O)=C(C(C)C)CC=C1. The van der Waals surface area contributed by atoms with Gasteiger partial charge in [-0.25, -0.2) is 0 Å². The van der Waals surface area contributed by atoms with Crippen LogP contribution < -0.4 is 4.74 Å². The quantitative estimate of drug-likeness (QED) is 0.365. The number of aliphatic hydroxyl groups excluding tert-OH is 1. The van der Waals surface area contributed by atoms with Gasteiger partial charge in [0.25, 0.3) is 0 Å². The van der Waals surface area contributed by atoms with E-state index in [1.807, 2.05) is 50.3 Å². The van der Waals surface area contributed by atoms with Crippen molar-refractivity contribution in [1.29, 1.82) is 0 Å². The van der Waals surface area contributed by atoms with Crippen molar-refractivity contribution in [2.24, 2.45) is 5.92 Å². The standard InChI is InChI=1S/C29H34ClO5P/c1-19(2)26-10-5-7-22(16-28(26)31)15-27-20(3)13-25(14-21(27)4)33-18-36(32)34-12-11-29(35-36)23-8-6-9-24(30)17-23/h5-9,13-14,16-17,19,29,31H,10-12,15,18H2,1-4H3. The molecule has 0 amide bonds. The van der Waals surface area contributed by atoms with E-state index in [4.69, 9.17) is 25.4 Å². The molecule has 2 aromatic carbocycles. The lowest BCUT2D eigenvalue weighted by atomic mass is 9.95. The Hall–Kier alpha value is -2.30. The third-order valence-electron chi connectivity index (χ3n) is 6.63. The molecule has 2 atom stereocenters. The fourth-order valence-electron chi connectivity index (χ4n) is 4.65. The lowest BCUT2D eigenvalue weighted by molar-refractivity contribution is 0.0725. The fourth-order valence-corrected chi connectivity index (χ4v) is 6.35. The highest BCUT2D eigenvalue weighted by atomic mass is 35.5. The van der Waals surface area contributed by atoms with Gasteiger partial charge in [0.05, 0.1) is 12.7 Å². The monoisotopic (exact) mass is 528 g/mol. The highest BCUT2D eigenvalue weighted by Gasteiger charge is 2.35. The minimum absolute atomic E-state index is 0.160. The van der Waals surface area contributed by atoms with Crippen molar-refractivity contribution >= 4 is 19.2 Å². The Morgan fingerprint density at radius 1 is 1.19 bits per heavy atom. The Morgan fingerprint density at radius 2 is 1.94 bits per heavy atom. The zero-order chi connectivity index (χ0) is 25.9. The Labute approximate surface area is 219 Å². The molecular weight excluding hydrogens is 495 g/mol. The summed E-state index contributed by atoms with van der Waals surface area (Å²) >= 11 is 6.11. The van der Waals surface area contributed by atoms with Gasteiger partial charge in [-0.1, -0.05) is 49.7 Å². The van der Waals surface area contributed by atoms with Gasteiger partial charge in [-0.05, 0) is 96.3 Å². The molecule has 1 saturated heterocycles. The van der Waals surface area contributed by atoms with E-state index in [2.05, 4.69) is 26.0 Å². The first-order valence-electron chi connectivity index (χ1n) is 12.3. The molecule has 7 heteroatoms. The van der Waals surface area contributed by atoms with Gasteiger partial charge in [-0.15, -0.1) is 0 Å². The van der Waals surface area contributed by atoms with E-state index in [1.165, 1.54) is 5.56 Å². The molecule has 36 heavy (non-hydrogen) atoms. The van der Waals surface area contributed by atoms with Gasteiger partial charge in [-0.3, -0.25) is 9.09 Å². The van der Waals surface area contributed by atoms with Gasteiger partial charge in [-0.2, -0.15) is 0 Å². The molecule has 2 aliphatic rings. The topological polar surface area (TPSA) is 65.0 Å². The molecule has 1 heterocycles. The summed E-state index contributed by atoms with van der Waals surface area (Å²) in [5.74, 6) is 1.29. The molecule has 192 valence electrons. The molecular formula is C29H34ClO5P. The number of hydrogen-bond acceptors (Lipinski definition) is 5. The zero-order valence-corrected chi connectivity index (χ0v) is 22.9. The van der Waals surface area contributed by atoms with Gasteiger partial charge in [0, 0.05) is 11.4 Å². The Kier molecular flexibility index (Phi) is 8.47. The van der Waals surface area contributed by atoms with Crippen molar-refractivity contribution in [1.82, 2.24) is 0 Å². The predicted octanol–water partition coefficient (Wildman–Crippen LogP) is 8.56. The highest BCUT2D eigenvalue weighted by molar-refractivity contribution is 7.53. The second kappa shape index (κ2) is 11.4. The Bertz CT molecular complexity index is 1240. The minimum atomic E-state index is -3.43. The van der Waals surface area contributed by atoms with E-state index in [-0.39, 0.29) is 12.5 Å². The van der Waals surface area contributed by atoms with Crippen LogP contribution in [0.1, 0.15) is 55.0 Å². The molecule has 5 nitrogen and oxygen atoms in total. The van der Waals surface area contributed by atoms with Gasteiger partial charge in [0.2, 0.25) is 0 Å². The lowest BCUT2D eigenvalue weighted by Crippen LogP contribution is -2.17. The second-order valence-electron chi connectivity index (χ2n) is 9.76. The van der Waals surface area contributed by atoms with Crippen LogP contribution in [0.3, 0.4) is 0 Å². The van der Waals surface area contributed by atoms with E-state index in [0.717, 1.165) is 34.3 Å². The largest absolute Gasteiger partial charge is 0.508 e. The van der Waals surface area contributed by atoms with E-state index < -0.39 is 7.60 Å². The summed E-state index contributed by atoms with van der Waals surface area (Å²) < 4.78 is 30.6. The van der Waals surface area contributed by atoms with Crippen molar-refractivity contribution < 1.29 is 23.5 Å². The van der Waals surface area contributed by atoms with Crippen LogP contribution in [0.5, 0.6) is 5.75 Å². The molecule has 0 spiro atoms. The summed E-state index contributed by atoms with van der Waals surface area (Å²) in [4.78, 5) is 0. The average molecular weight is 529 g/mol. The normalized spacial score (nSPS) is 22.5. The Balaban J connectivity index is 1.45. The van der Waals surface area contributed by atoms with Crippen LogP contribution in [0.15, 0.2) is 71.5 Å². The first kappa shape index (κ1) is 26.8. The van der Waals surface area contributed by atoms with Crippen molar-refractivity contribution in [2.45, 2.75) is 53.1 Å². The number of aliphatic hydroxyl groups is 1. The molecule has 2 aromatic rings. The molecule has 0 saturated carbocycles. The fraction of sp³-hybridized carbons (Fsp3) is 0.379. The van der Waals surface area contributed by atoms with Gasteiger partial charge in [0.15, 0.2) is 6.35 Å². The third-order valence-corrected chi connectivity index (χ3v) is 8.47. The van der Waals surface area contributed by atoms with Crippen LogP contribution in [-0.4, -0.2) is 18.1 Å². The van der Waals surface area contributed by atoms with Crippen LogP contribution >= 0.6 is 19.2 Å². The maximum atomic E-state index is 13.3. The molecule has 0 radical (unpaired) electrons. The van der Waals surface area contributed by atoms with Crippen molar-refractivity contribution in [2.75, 3.05) is 13.0 Å². The van der Waals surface area contributed by atoms with Crippen molar-refractivity contribution in [3.05, 3.63) is 98.8 Å². The number of allylic oxidation sites excluding steroid dienone is 5.